The van der Waals surface area contributed by atoms with E-state index in [1.54, 1.807) is 0 Å². The van der Waals surface area contributed by atoms with Gasteiger partial charge in [0.1, 0.15) is 5.82 Å². The summed E-state index contributed by atoms with van der Waals surface area (Å²) in [7, 11) is 0. The Morgan fingerprint density at radius 1 is 1.38 bits per heavy atom. The van der Waals surface area contributed by atoms with Gasteiger partial charge in [-0.25, -0.2) is 9.97 Å². The van der Waals surface area contributed by atoms with E-state index in [0.29, 0.717) is 29.8 Å². The first-order valence-corrected chi connectivity index (χ1v) is 11.9. The van der Waals surface area contributed by atoms with E-state index in [9.17, 15) is 8.96 Å². The van der Waals surface area contributed by atoms with E-state index in [2.05, 4.69) is 9.97 Å². The zero-order valence-corrected chi connectivity index (χ0v) is 14.8. The minimum atomic E-state index is -2.79. The monoisotopic (exact) mass is 350 g/mol. The third kappa shape index (κ3) is 5.55. The van der Waals surface area contributed by atoms with Gasteiger partial charge in [-0.05, 0) is 26.2 Å². The lowest BCUT2D eigenvalue weighted by atomic mass is 10.3. The Morgan fingerprint density at radius 3 is 2.76 bits per heavy atom. The predicted octanol–water partition coefficient (Wildman–Crippen LogP) is 5.01. The maximum absolute atomic E-state index is 13.5. The molecule has 8 heteroatoms. The van der Waals surface area contributed by atoms with Gasteiger partial charge >= 0.3 is 5.77 Å². The second-order valence-electron chi connectivity index (χ2n) is 4.79. The van der Waals surface area contributed by atoms with Gasteiger partial charge in [0.25, 0.3) is 0 Å². The van der Waals surface area contributed by atoms with Gasteiger partial charge < -0.3 is 4.52 Å². The second-order valence-corrected chi connectivity index (χ2v) is 12.3. The van der Waals surface area contributed by atoms with Crippen LogP contribution in [0, 0.1) is 5.95 Å². The quantitative estimate of drug-likeness (QED) is 0.461. The molecule has 21 heavy (non-hydrogen) atoms. The molecule has 0 bridgehead atoms. The lowest BCUT2D eigenvalue weighted by molar-refractivity contribution is 0.357. The molecular weight excluding hydrogens is 330 g/mol. The Morgan fingerprint density at radius 2 is 2.14 bits per heavy atom. The zero-order valence-electron chi connectivity index (χ0n) is 12.2. The van der Waals surface area contributed by atoms with Crippen molar-refractivity contribution in [3.8, 4) is 0 Å². The van der Waals surface area contributed by atoms with E-state index in [4.69, 9.17) is 4.52 Å². The number of hydrogen-bond donors (Lipinski definition) is 0. The molecule has 1 aromatic heterocycles. The molecule has 1 heterocycles. The first-order chi connectivity index (χ1) is 10.1. The third-order valence-electron chi connectivity index (χ3n) is 2.82. The van der Waals surface area contributed by atoms with Crippen LogP contribution in [0.4, 0.5) is 4.39 Å². The van der Waals surface area contributed by atoms with E-state index >= 15 is 0 Å². The van der Waals surface area contributed by atoms with Crippen molar-refractivity contribution in [2.24, 2.45) is 0 Å². The molecule has 0 saturated heterocycles. The largest absolute Gasteiger partial charge is 0.314 e. The molecule has 0 spiro atoms. The van der Waals surface area contributed by atoms with Crippen LogP contribution in [0.25, 0.3) is 0 Å². The van der Waals surface area contributed by atoms with Crippen LogP contribution in [-0.2, 0) is 14.8 Å². The number of aromatic nitrogens is 2. The van der Waals surface area contributed by atoms with Crippen molar-refractivity contribution in [2.75, 3.05) is 12.4 Å². The molecule has 4 nitrogen and oxygen atoms in total. The van der Waals surface area contributed by atoms with Crippen molar-refractivity contribution in [1.29, 1.82) is 0 Å². The van der Waals surface area contributed by atoms with Crippen molar-refractivity contribution in [3.05, 3.63) is 23.5 Å². The molecule has 1 aliphatic rings. The fourth-order valence-corrected chi connectivity index (χ4v) is 8.29. The summed E-state index contributed by atoms with van der Waals surface area (Å²) in [5.74, 6) is -1.24. The van der Waals surface area contributed by atoms with Gasteiger partial charge in [-0.3, -0.25) is 4.57 Å². The highest BCUT2D eigenvalue weighted by Gasteiger charge is 2.28. The van der Waals surface area contributed by atoms with Crippen LogP contribution in [0.5, 0.6) is 0 Å². The van der Waals surface area contributed by atoms with Crippen molar-refractivity contribution in [2.45, 2.75) is 44.8 Å². The molecule has 1 aromatic rings. The number of nitrogens with zero attached hydrogens (tertiary/aromatic N) is 2. The van der Waals surface area contributed by atoms with Crippen LogP contribution >= 0.6 is 28.5 Å². The molecule has 1 aliphatic carbocycles. The van der Waals surface area contributed by atoms with Gasteiger partial charge in [-0.1, -0.05) is 29.7 Å². The molecule has 2 rings (SSSR count). The molecule has 1 saturated carbocycles. The smallest absolute Gasteiger partial charge is 0.313 e. The van der Waals surface area contributed by atoms with Crippen LogP contribution in [0.2, 0.25) is 0 Å². The number of rotatable bonds is 9. The average Bonchev–Trinajstić information content (AvgIpc) is 3.28. The van der Waals surface area contributed by atoms with Crippen LogP contribution < -0.4 is 0 Å². The van der Waals surface area contributed by atoms with Gasteiger partial charge in [-0.15, -0.1) is 0 Å². The van der Waals surface area contributed by atoms with Gasteiger partial charge in [-0.2, -0.15) is 4.39 Å². The highest BCUT2D eigenvalue weighted by Crippen LogP contribution is 2.70. The SMILES string of the molecule is CCCSP(=O)(OCC)SCc1cc(F)nc(C2CC2)n1. The van der Waals surface area contributed by atoms with E-state index in [0.717, 1.165) is 25.0 Å². The fraction of sp³-hybridized carbons (Fsp3) is 0.692. The van der Waals surface area contributed by atoms with Crippen LogP contribution in [0.1, 0.15) is 50.5 Å². The van der Waals surface area contributed by atoms with Gasteiger partial charge in [0, 0.05) is 23.5 Å². The standard InChI is InChI=1S/C13H20FN2O2PS2/c1-3-7-20-19(17,18-4-2)21-9-11-8-12(14)16-13(15-11)10-5-6-10/h8,10H,3-7,9H2,1-2H3. The molecule has 0 N–H and O–H groups in total. The Hall–Kier alpha value is -0.100. The van der Waals surface area contributed by atoms with Crippen molar-refractivity contribution >= 4 is 28.5 Å². The molecular formula is C13H20FN2O2PS2. The molecule has 1 unspecified atom stereocenters. The first kappa shape index (κ1) is 17.3. The Bertz CT molecular complexity index is 529. The topological polar surface area (TPSA) is 52.1 Å². The minimum absolute atomic E-state index is 0.303. The molecule has 0 aromatic carbocycles. The molecule has 0 aliphatic heterocycles. The predicted molar refractivity (Wildman–Crippen MR) is 87.2 cm³/mol. The summed E-state index contributed by atoms with van der Waals surface area (Å²) in [5, 5.41) is 0. The van der Waals surface area contributed by atoms with Crippen molar-refractivity contribution in [1.82, 2.24) is 9.97 Å². The molecule has 0 radical (unpaired) electrons. The summed E-state index contributed by atoms with van der Waals surface area (Å²) in [5.41, 5.74) is 0.589. The van der Waals surface area contributed by atoms with Crippen molar-refractivity contribution < 1.29 is 13.5 Å². The first-order valence-electron chi connectivity index (χ1n) is 7.13. The third-order valence-corrected chi connectivity index (χ3v) is 10.4. The van der Waals surface area contributed by atoms with Crippen LogP contribution in [0.15, 0.2) is 6.07 Å². The minimum Gasteiger partial charge on any atom is -0.314 e. The van der Waals surface area contributed by atoms with E-state index in [-0.39, 0.29) is 0 Å². The summed E-state index contributed by atoms with van der Waals surface area (Å²) >= 11 is 2.58. The second kappa shape index (κ2) is 7.95. The molecule has 118 valence electrons. The molecule has 0 amide bonds. The Balaban J connectivity index is 2.01. The maximum Gasteiger partial charge on any atom is 0.313 e. The highest BCUT2D eigenvalue weighted by molar-refractivity contribution is 8.89. The van der Waals surface area contributed by atoms with E-state index in [1.807, 2.05) is 13.8 Å². The normalized spacial score (nSPS) is 17.7. The summed E-state index contributed by atoms with van der Waals surface area (Å²) in [6.45, 7) is 4.28. The Labute approximate surface area is 133 Å². The maximum atomic E-state index is 13.5. The fourth-order valence-electron chi connectivity index (χ4n) is 1.70. The summed E-state index contributed by atoms with van der Waals surface area (Å²) in [4.78, 5) is 8.21. The summed E-state index contributed by atoms with van der Waals surface area (Å²) < 4.78 is 31.6. The van der Waals surface area contributed by atoms with Crippen molar-refractivity contribution in [3.63, 3.8) is 0 Å². The number of hydrogen-bond acceptors (Lipinski definition) is 6. The zero-order chi connectivity index (χ0) is 15.3. The highest BCUT2D eigenvalue weighted by atomic mass is 33.1. The lowest BCUT2D eigenvalue weighted by Gasteiger charge is -2.15. The van der Waals surface area contributed by atoms with Crippen LogP contribution in [0.3, 0.4) is 0 Å². The molecule has 1 fully saturated rings. The number of halogens is 1. The average molecular weight is 350 g/mol. The van der Waals surface area contributed by atoms with E-state index < -0.39 is 11.7 Å². The van der Waals surface area contributed by atoms with E-state index in [1.165, 1.54) is 28.8 Å². The summed E-state index contributed by atoms with van der Waals surface area (Å²) in [6, 6.07) is 1.32. The Kier molecular flexibility index (Phi) is 6.53. The van der Waals surface area contributed by atoms with Crippen LogP contribution in [-0.4, -0.2) is 22.3 Å². The molecule has 1 atom stereocenters. The van der Waals surface area contributed by atoms with Gasteiger partial charge in [0.2, 0.25) is 5.95 Å². The van der Waals surface area contributed by atoms with Gasteiger partial charge in [0.15, 0.2) is 0 Å². The lowest BCUT2D eigenvalue weighted by Crippen LogP contribution is -2.00. The summed E-state index contributed by atoms with van der Waals surface area (Å²) in [6.07, 6.45) is 3.00. The van der Waals surface area contributed by atoms with Gasteiger partial charge in [0.05, 0.1) is 12.3 Å².